The van der Waals surface area contributed by atoms with Crippen LogP contribution < -0.4 is 10.2 Å². The quantitative estimate of drug-likeness (QED) is 0.204. The third-order valence-corrected chi connectivity index (χ3v) is 7.10. The molecule has 1 aliphatic heterocycles. The molecule has 1 fully saturated rings. The zero-order valence-electron chi connectivity index (χ0n) is 18.9. The molecule has 178 valence electrons. The van der Waals surface area contributed by atoms with Crippen molar-refractivity contribution in [2.24, 2.45) is 5.92 Å². The summed E-state index contributed by atoms with van der Waals surface area (Å²) in [6.07, 6.45) is 3.82. The zero-order chi connectivity index (χ0) is 24.4. The first kappa shape index (κ1) is 23.8. The van der Waals surface area contributed by atoms with E-state index in [1.807, 2.05) is 11.8 Å². The van der Waals surface area contributed by atoms with Crippen LogP contribution in [0.1, 0.15) is 35.8 Å². The normalized spacial score (nSPS) is 15.8. The average molecular weight is 500 g/mol. The summed E-state index contributed by atoms with van der Waals surface area (Å²) >= 11 is 6.53. The summed E-state index contributed by atoms with van der Waals surface area (Å²) in [5.74, 6) is 0.609. The van der Waals surface area contributed by atoms with Crippen LogP contribution >= 0.6 is 23.6 Å². The largest absolute Gasteiger partial charge is 0.366 e. The van der Waals surface area contributed by atoms with E-state index in [4.69, 9.17) is 12.2 Å². The fraction of sp³-hybridized carbons (Fsp3) is 0.364. The maximum atomic E-state index is 12.9. The van der Waals surface area contributed by atoms with Crippen molar-refractivity contribution in [2.45, 2.75) is 33.2 Å². The molecule has 1 atom stereocenters. The average Bonchev–Trinajstić information content (AvgIpc) is 3.35. The Morgan fingerprint density at radius 1 is 1.50 bits per heavy atom. The van der Waals surface area contributed by atoms with Crippen molar-refractivity contribution in [3.63, 3.8) is 0 Å². The van der Waals surface area contributed by atoms with Gasteiger partial charge in [-0.15, -0.1) is 6.58 Å². The number of allylic oxidation sites excluding steroid dienone is 1. The Kier molecular flexibility index (Phi) is 6.89. The van der Waals surface area contributed by atoms with Gasteiger partial charge in [0.15, 0.2) is 15.7 Å². The van der Waals surface area contributed by atoms with Gasteiger partial charge in [0.2, 0.25) is 0 Å². The Hall–Kier alpha value is -3.38. The molecule has 1 aliphatic rings. The Balaban J connectivity index is 1.58. The number of anilines is 2. The van der Waals surface area contributed by atoms with Gasteiger partial charge in [-0.05, 0) is 50.0 Å². The molecule has 34 heavy (non-hydrogen) atoms. The number of aryl methyl sites for hydroxylation is 1. The van der Waals surface area contributed by atoms with E-state index in [0.29, 0.717) is 39.6 Å². The number of nitrogens with one attached hydrogen (secondary N) is 2. The number of piperidine rings is 1. The maximum absolute atomic E-state index is 12.9. The molecule has 0 radical (unpaired) electrons. The molecule has 4 rings (SSSR count). The van der Waals surface area contributed by atoms with Crippen molar-refractivity contribution in [1.29, 1.82) is 0 Å². The van der Waals surface area contributed by atoms with Gasteiger partial charge in [-0.25, -0.2) is 4.98 Å². The monoisotopic (exact) mass is 499 g/mol. The molecule has 1 aromatic carbocycles. The number of carbonyl (C=O) groups is 1. The van der Waals surface area contributed by atoms with Gasteiger partial charge in [0.1, 0.15) is 5.69 Å². The van der Waals surface area contributed by atoms with E-state index in [9.17, 15) is 14.9 Å². The van der Waals surface area contributed by atoms with Gasteiger partial charge in [0.05, 0.1) is 15.5 Å². The molecule has 0 aliphatic carbocycles. The van der Waals surface area contributed by atoms with Crippen molar-refractivity contribution in [3.05, 3.63) is 57.0 Å². The van der Waals surface area contributed by atoms with Crippen LogP contribution in [-0.4, -0.2) is 43.7 Å². The minimum Gasteiger partial charge on any atom is -0.366 e. The van der Waals surface area contributed by atoms with Gasteiger partial charge in [-0.2, -0.15) is 5.10 Å². The van der Waals surface area contributed by atoms with E-state index in [0.717, 1.165) is 30.8 Å². The third kappa shape index (κ3) is 4.77. The number of nitrogens with zero attached hydrogens (tertiary/aromatic N) is 5. The molecule has 3 heterocycles. The number of nitro benzene ring substituents is 1. The zero-order valence-corrected chi connectivity index (χ0v) is 20.5. The van der Waals surface area contributed by atoms with E-state index in [-0.39, 0.29) is 11.3 Å². The second-order valence-electron chi connectivity index (χ2n) is 8.29. The number of aromatic nitrogens is 4. The predicted octanol–water partition coefficient (Wildman–Crippen LogP) is 4.96. The van der Waals surface area contributed by atoms with E-state index < -0.39 is 10.8 Å². The molecule has 2 N–H and O–H groups in total. The number of H-pyrrole nitrogens is 1. The highest BCUT2D eigenvalue weighted by Gasteiger charge is 2.26. The van der Waals surface area contributed by atoms with Crippen molar-refractivity contribution in [1.82, 2.24) is 19.7 Å². The Morgan fingerprint density at radius 2 is 2.29 bits per heavy atom. The number of benzene rings is 1. The second kappa shape index (κ2) is 9.85. The summed E-state index contributed by atoms with van der Waals surface area (Å²) in [5, 5.41) is 22.0. The standard InChI is InChI=1S/C22H25N7O3S2/c1-4-9-28-19(25-26-22(28)33)18-14(3)23-21(34-18)24-20(30)15-7-8-16(17(11-15)29(31)32)27-10-5-6-13(2)12-27/h4,7-8,11,13H,1,5-6,9-10,12H2,2-3H3,(H,26,33)(H,23,24,30). The van der Waals surface area contributed by atoms with E-state index >= 15 is 0 Å². The molecular weight excluding hydrogens is 474 g/mol. The second-order valence-corrected chi connectivity index (χ2v) is 9.68. The van der Waals surface area contributed by atoms with Crippen LogP contribution in [0.25, 0.3) is 10.7 Å². The van der Waals surface area contributed by atoms with Gasteiger partial charge in [0.25, 0.3) is 11.6 Å². The number of aromatic amines is 1. The fourth-order valence-electron chi connectivity index (χ4n) is 4.10. The molecule has 0 spiro atoms. The Labute approximate surface area is 205 Å². The number of amides is 1. The van der Waals surface area contributed by atoms with Gasteiger partial charge in [0, 0.05) is 31.3 Å². The molecule has 3 aromatic rings. The molecule has 1 unspecified atom stereocenters. The lowest BCUT2D eigenvalue weighted by atomic mass is 9.99. The van der Waals surface area contributed by atoms with Crippen LogP contribution in [0.15, 0.2) is 30.9 Å². The minimum absolute atomic E-state index is 0.0716. The highest BCUT2D eigenvalue weighted by molar-refractivity contribution is 7.71. The van der Waals surface area contributed by atoms with Crippen LogP contribution in [0.3, 0.4) is 0 Å². The molecule has 1 amide bonds. The topological polar surface area (TPSA) is 122 Å². The summed E-state index contributed by atoms with van der Waals surface area (Å²) in [7, 11) is 0. The highest BCUT2D eigenvalue weighted by atomic mass is 32.1. The Bertz CT molecular complexity index is 1310. The molecule has 1 saturated heterocycles. The van der Waals surface area contributed by atoms with Gasteiger partial charge < -0.3 is 4.90 Å². The highest BCUT2D eigenvalue weighted by Crippen LogP contribution is 2.34. The number of rotatable bonds is 7. The fourth-order valence-corrected chi connectivity index (χ4v) is 5.27. The van der Waals surface area contributed by atoms with Crippen LogP contribution in [0.5, 0.6) is 0 Å². The predicted molar refractivity (Wildman–Crippen MR) is 135 cm³/mol. The molecular formula is C22H25N7O3S2. The van der Waals surface area contributed by atoms with Crippen molar-refractivity contribution < 1.29 is 9.72 Å². The molecule has 0 saturated carbocycles. The SMILES string of the molecule is C=CCn1c(-c2sc(NC(=O)c3ccc(N4CCCC(C)C4)c([N+](=O)[O-])c3)nc2C)n[nH]c1=S. The first-order chi connectivity index (χ1) is 16.3. The lowest BCUT2D eigenvalue weighted by Gasteiger charge is -2.32. The number of carbonyl (C=O) groups excluding carboxylic acids is 1. The van der Waals surface area contributed by atoms with E-state index in [2.05, 4.69) is 34.0 Å². The number of hydrogen-bond donors (Lipinski definition) is 2. The maximum Gasteiger partial charge on any atom is 0.293 e. The molecule has 0 bridgehead atoms. The summed E-state index contributed by atoms with van der Waals surface area (Å²) in [6, 6.07) is 4.62. The van der Waals surface area contributed by atoms with Crippen molar-refractivity contribution >= 4 is 46.0 Å². The van der Waals surface area contributed by atoms with Crippen LogP contribution in [0.4, 0.5) is 16.5 Å². The molecule has 12 heteroatoms. The first-order valence-electron chi connectivity index (χ1n) is 10.9. The number of thiazole rings is 1. The van der Waals surface area contributed by atoms with Crippen LogP contribution in [0.2, 0.25) is 0 Å². The summed E-state index contributed by atoms with van der Waals surface area (Å²) < 4.78 is 2.25. The summed E-state index contributed by atoms with van der Waals surface area (Å²) in [6.45, 7) is 9.71. The molecule has 2 aromatic heterocycles. The third-order valence-electron chi connectivity index (χ3n) is 5.72. The van der Waals surface area contributed by atoms with Crippen molar-refractivity contribution in [3.8, 4) is 10.7 Å². The Morgan fingerprint density at radius 3 is 3.00 bits per heavy atom. The van der Waals surface area contributed by atoms with Gasteiger partial charge in [-0.1, -0.05) is 24.3 Å². The summed E-state index contributed by atoms with van der Waals surface area (Å²) in [5.41, 5.74) is 1.35. The number of nitro groups is 1. The molecule has 10 nitrogen and oxygen atoms in total. The van der Waals surface area contributed by atoms with Crippen LogP contribution in [0, 0.1) is 27.7 Å². The van der Waals surface area contributed by atoms with Crippen LogP contribution in [-0.2, 0) is 6.54 Å². The lowest BCUT2D eigenvalue weighted by Crippen LogP contribution is -2.34. The first-order valence-corrected chi connectivity index (χ1v) is 12.1. The van der Waals surface area contributed by atoms with E-state index in [1.54, 1.807) is 22.8 Å². The van der Waals surface area contributed by atoms with Gasteiger partial charge >= 0.3 is 0 Å². The number of hydrogen-bond acceptors (Lipinski definition) is 8. The van der Waals surface area contributed by atoms with Gasteiger partial charge in [-0.3, -0.25) is 29.9 Å². The smallest absolute Gasteiger partial charge is 0.293 e. The lowest BCUT2D eigenvalue weighted by molar-refractivity contribution is -0.384. The van der Waals surface area contributed by atoms with E-state index in [1.165, 1.54) is 17.4 Å². The summed E-state index contributed by atoms with van der Waals surface area (Å²) in [4.78, 5) is 31.5. The van der Waals surface area contributed by atoms with Crippen molar-refractivity contribution in [2.75, 3.05) is 23.3 Å². The minimum atomic E-state index is -0.466.